The van der Waals surface area contributed by atoms with Crippen molar-refractivity contribution >= 4 is 32.1 Å². The van der Waals surface area contributed by atoms with Crippen molar-refractivity contribution in [2.75, 3.05) is 37.0 Å². The Morgan fingerprint density at radius 1 is 1.11 bits per heavy atom. The number of aryl methyl sites for hydroxylation is 1. The Morgan fingerprint density at radius 3 is 2.57 bits per heavy atom. The molecule has 4 heterocycles. The van der Waals surface area contributed by atoms with Crippen LogP contribution in [0.4, 0.5) is 11.5 Å². The van der Waals surface area contributed by atoms with Crippen LogP contribution in [0.15, 0.2) is 60.0 Å². The number of fused-ring (bicyclic) bond motifs is 1. The van der Waals surface area contributed by atoms with Crippen LogP contribution in [0.2, 0.25) is 0 Å². The van der Waals surface area contributed by atoms with Crippen molar-refractivity contribution in [3.05, 3.63) is 76.7 Å². The zero-order chi connectivity index (χ0) is 26.0. The lowest BCUT2D eigenvalue weighted by Crippen LogP contribution is -2.36. The van der Waals surface area contributed by atoms with Gasteiger partial charge < -0.3 is 15.2 Å². The highest BCUT2D eigenvalue weighted by atomic mass is 32.2. The molecule has 4 aromatic rings. The number of H-pyrrole nitrogens is 1. The maximum atomic E-state index is 12.7. The number of rotatable bonds is 7. The summed E-state index contributed by atoms with van der Waals surface area (Å²) in [5.41, 5.74) is 4.56. The van der Waals surface area contributed by atoms with Gasteiger partial charge in [-0.3, -0.25) is 4.79 Å². The first-order valence-electron chi connectivity index (χ1n) is 12.3. The lowest BCUT2D eigenvalue weighted by Gasteiger charge is -2.32. The van der Waals surface area contributed by atoms with Crippen LogP contribution in [-0.4, -0.2) is 64.9 Å². The predicted octanol–water partition coefficient (Wildman–Crippen LogP) is 3.66. The molecular weight excluding hydrogens is 488 g/mol. The van der Waals surface area contributed by atoms with Crippen LogP contribution in [0, 0.1) is 6.92 Å². The summed E-state index contributed by atoms with van der Waals surface area (Å²) in [4.78, 5) is 30.6. The second-order valence-electron chi connectivity index (χ2n) is 9.70. The average Bonchev–Trinajstić information content (AvgIpc) is 2.88. The number of hydrogen-bond donors (Lipinski definition) is 2. The van der Waals surface area contributed by atoms with Crippen molar-refractivity contribution in [1.82, 2.24) is 24.8 Å². The lowest BCUT2D eigenvalue weighted by molar-refractivity contribution is 0.223. The molecule has 0 saturated carbocycles. The molecule has 2 N–H and O–H groups in total. The molecule has 0 aliphatic carbocycles. The van der Waals surface area contributed by atoms with Crippen molar-refractivity contribution in [2.45, 2.75) is 25.7 Å². The van der Waals surface area contributed by atoms with E-state index in [0.717, 1.165) is 42.6 Å². The van der Waals surface area contributed by atoms with Crippen molar-refractivity contribution in [3.8, 4) is 11.3 Å². The molecule has 0 atom stereocenters. The summed E-state index contributed by atoms with van der Waals surface area (Å²) in [7, 11) is -2.94. The highest BCUT2D eigenvalue weighted by Gasteiger charge is 2.22. The van der Waals surface area contributed by atoms with Crippen molar-refractivity contribution in [3.63, 3.8) is 0 Å². The van der Waals surface area contributed by atoms with Gasteiger partial charge in [-0.15, -0.1) is 0 Å². The molecule has 0 unspecified atom stereocenters. The van der Waals surface area contributed by atoms with Gasteiger partial charge in [-0.05, 0) is 79.6 Å². The summed E-state index contributed by atoms with van der Waals surface area (Å²) in [6.07, 6.45) is 9.79. The first-order valence-corrected chi connectivity index (χ1v) is 14.4. The van der Waals surface area contributed by atoms with E-state index in [0.29, 0.717) is 29.4 Å². The van der Waals surface area contributed by atoms with Crippen LogP contribution >= 0.6 is 0 Å². The van der Waals surface area contributed by atoms with Crippen molar-refractivity contribution in [1.29, 1.82) is 0 Å². The summed E-state index contributed by atoms with van der Waals surface area (Å²) in [6.45, 7) is 4.50. The third-order valence-electron chi connectivity index (χ3n) is 6.95. The number of aromatic nitrogens is 4. The van der Waals surface area contributed by atoms with Gasteiger partial charge in [0.05, 0.1) is 16.8 Å². The van der Waals surface area contributed by atoms with E-state index in [-0.39, 0.29) is 11.3 Å². The quantitative estimate of drug-likeness (QED) is 0.380. The molecule has 5 rings (SSSR count). The molecule has 0 amide bonds. The van der Waals surface area contributed by atoms with Crippen molar-refractivity contribution in [2.24, 2.45) is 0 Å². The fourth-order valence-electron chi connectivity index (χ4n) is 4.99. The maximum absolute atomic E-state index is 12.7. The van der Waals surface area contributed by atoms with Crippen LogP contribution in [0.1, 0.15) is 29.9 Å². The van der Waals surface area contributed by atoms with Crippen molar-refractivity contribution < 1.29 is 8.42 Å². The number of pyridine rings is 2. The third-order valence-corrected chi connectivity index (χ3v) is 7.87. The van der Waals surface area contributed by atoms with E-state index in [1.54, 1.807) is 18.6 Å². The molecule has 1 aromatic carbocycles. The van der Waals surface area contributed by atoms with E-state index in [4.69, 9.17) is 4.98 Å². The van der Waals surface area contributed by atoms with E-state index < -0.39 is 9.84 Å². The summed E-state index contributed by atoms with van der Waals surface area (Å²) in [6, 6.07) is 9.99. The van der Waals surface area contributed by atoms with Gasteiger partial charge in [0.2, 0.25) is 0 Å². The van der Waals surface area contributed by atoms with Gasteiger partial charge in [0, 0.05) is 42.6 Å². The number of aromatic amines is 1. The lowest BCUT2D eigenvalue weighted by atomic mass is 9.86. The topological polar surface area (TPSA) is 121 Å². The van der Waals surface area contributed by atoms with Gasteiger partial charge in [0.25, 0.3) is 5.56 Å². The fourth-order valence-corrected chi connectivity index (χ4v) is 5.58. The van der Waals surface area contributed by atoms with E-state index >= 15 is 0 Å². The Labute approximate surface area is 215 Å². The molecule has 192 valence electrons. The largest absolute Gasteiger partial charge is 0.340 e. The van der Waals surface area contributed by atoms with Crippen LogP contribution in [0.3, 0.4) is 0 Å². The number of sulfone groups is 1. The second-order valence-corrected chi connectivity index (χ2v) is 12.0. The maximum Gasteiger partial charge on any atom is 0.259 e. The monoisotopic (exact) mass is 518 g/mol. The molecule has 9 nitrogen and oxygen atoms in total. The molecule has 1 saturated heterocycles. The second kappa shape index (κ2) is 10.4. The number of nitrogens with zero attached hydrogens (tertiary/aromatic N) is 4. The van der Waals surface area contributed by atoms with E-state index in [1.165, 1.54) is 23.7 Å². The summed E-state index contributed by atoms with van der Waals surface area (Å²) in [5.74, 6) is 1.12. The van der Waals surface area contributed by atoms with Gasteiger partial charge in [-0.25, -0.2) is 23.4 Å². The third kappa shape index (κ3) is 5.86. The minimum absolute atomic E-state index is 0.209. The van der Waals surface area contributed by atoms with Gasteiger partial charge in [-0.2, -0.15) is 0 Å². The first kappa shape index (κ1) is 25.0. The molecule has 1 aliphatic rings. The number of likely N-dealkylation sites (tertiary alicyclic amines) is 1. The molecule has 3 aromatic heterocycles. The van der Waals surface area contributed by atoms with Crippen LogP contribution in [0.5, 0.6) is 0 Å². The molecule has 10 heteroatoms. The standard InChI is InChI=1S/C27H30N6O3S/c1-18-13-22(3-4-23(18)19-6-9-33(10-7-19)11-12-37(2,35)36)31-26-25-20(5-8-30-27(25)34)14-24(32-26)21-15-28-17-29-16-21/h3-5,8,13-17,19H,6-7,9-12H2,1-2H3,(H,30,34)(H,31,32). The normalized spacial score (nSPS) is 15.2. The average molecular weight is 519 g/mol. The smallest absolute Gasteiger partial charge is 0.259 e. The van der Waals surface area contributed by atoms with E-state index in [1.807, 2.05) is 18.2 Å². The fraction of sp³-hybridized carbons (Fsp3) is 0.333. The molecule has 37 heavy (non-hydrogen) atoms. The highest BCUT2D eigenvalue weighted by molar-refractivity contribution is 7.90. The van der Waals surface area contributed by atoms with Crippen LogP contribution < -0.4 is 10.9 Å². The Bertz CT molecular complexity index is 1580. The number of anilines is 2. The minimum atomic E-state index is -2.94. The van der Waals surface area contributed by atoms with Gasteiger partial charge in [0.15, 0.2) is 0 Å². The molecule has 0 bridgehead atoms. The molecule has 0 radical (unpaired) electrons. The number of piperidine rings is 1. The number of nitrogens with one attached hydrogen (secondary N) is 2. The Hall–Kier alpha value is -3.63. The first-order chi connectivity index (χ1) is 17.8. The Balaban J connectivity index is 1.37. The number of hydrogen-bond acceptors (Lipinski definition) is 8. The zero-order valence-electron chi connectivity index (χ0n) is 20.9. The summed E-state index contributed by atoms with van der Waals surface area (Å²) >= 11 is 0. The molecule has 0 spiro atoms. The van der Waals surface area contributed by atoms with Crippen LogP contribution in [0.25, 0.3) is 22.0 Å². The summed E-state index contributed by atoms with van der Waals surface area (Å²) < 4.78 is 23.0. The summed E-state index contributed by atoms with van der Waals surface area (Å²) in [5, 5.41) is 4.64. The minimum Gasteiger partial charge on any atom is -0.340 e. The Kier molecular flexibility index (Phi) is 7.03. The number of benzene rings is 1. The molecular formula is C27H30N6O3S. The molecule has 1 aliphatic heterocycles. The van der Waals surface area contributed by atoms with Gasteiger partial charge >= 0.3 is 0 Å². The predicted molar refractivity (Wildman–Crippen MR) is 146 cm³/mol. The van der Waals surface area contributed by atoms with Gasteiger partial charge in [0.1, 0.15) is 22.0 Å². The van der Waals surface area contributed by atoms with E-state index in [9.17, 15) is 13.2 Å². The highest BCUT2D eigenvalue weighted by Crippen LogP contribution is 2.33. The SMILES string of the molecule is Cc1cc(Nc2nc(-c3cncnc3)cc3cc[nH]c(=O)c23)ccc1C1CCN(CCS(C)(=O)=O)CC1. The van der Waals surface area contributed by atoms with E-state index in [2.05, 4.69) is 44.2 Å². The molecule has 1 fully saturated rings. The Morgan fingerprint density at radius 2 is 1.86 bits per heavy atom. The van der Waals surface area contributed by atoms with Gasteiger partial charge in [-0.1, -0.05) is 6.07 Å². The van der Waals surface area contributed by atoms with Crippen LogP contribution in [-0.2, 0) is 9.84 Å². The zero-order valence-corrected chi connectivity index (χ0v) is 21.8.